The fourth-order valence-electron chi connectivity index (χ4n) is 1.88. The van der Waals surface area contributed by atoms with E-state index in [0.717, 1.165) is 0 Å². The minimum atomic E-state index is -0.212. The van der Waals surface area contributed by atoms with Crippen molar-refractivity contribution in [3.63, 3.8) is 0 Å². The first-order valence-electron chi connectivity index (χ1n) is 6.83. The zero-order valence-electron chi connectivity index (χ0n) is 12.9. The molecule has 0 heterocycles. The molecule has 0 fully saturated rings. The Hall–Kier alpha value is -1.35. The Morgan fingerprint density at radius 1 is 1.11 bits per heavy atom. The van der Waals surface area contributed by atoms with E-state index in [4.69, 9.17) is 0 Å². The lowest BCUT2D eigenvalue weighted by atomic mass is 10.0. The molecule has 0 aliphatic heterocycles. The molecule has 3 nitrogen and oxygen atoms in total. The lowest BCUT2D eigenvalue weighted by Gasteiger charge is -2.25. The lowest BCUT2D eigenvalue weighted by Crippen LogP contribution is -2.49. The molecule has 1 rings (SSSR count). The Morgan fingerprint density at radius 2 is 1.63 bits per heavy atom. The third-order valence-corrected chi connectivity index (χ3v) is 2.97. The number of nitrogens with one attached hydrogen (secondary N) is 2. The maximum atomic E-state index is 12.0. The highest BCUT2D eigenvalue weighted by Crippen LogP contribution is 2.14. The first-order chi connectivity index (χ1) is 8.69. The van der Waals surface area contributed by atoms with E-state index >= 15 is 0 Å². The van der Waals surface area contributed by atoms with Crippen molar-refractivity contribution in [2.24, 2.45) is 0 Å². The standard InChI is InChI=1S/C16H26N2O/c1-11-7-9-14(10-8-11)12(2)17-13(3)15(19)18-16(4,5)6/h7-10,12-13,17H,1-6H3,(H,18,19)/t12-,13?/m0/s1. The molecule has 0 bridgehead atoms. The van der Waals surface area contributed by atoms with E-state index in [1.54, 1.807) is 0 Å². The van der Waals surface area contributed by atoms with Gasteiger partial charge in [-0.05, 0) is 47.1 Å². The second-order valence-corrected chi connectivity index (χ2v) is 6.26. The molecule has 0 radical (unpaired) electrons. The van der Waals surface area contributed by atoms with Crippen LogP contribution < -0.4 is 10.6 Å². The van der Waals surface area contributed by atoms with Crippen LogP contribution in [0.1, 0.15) is 51.8 Å². The molecule has 19 heavy (non-hydrogen) atoms. The van der Waals surface area contributed by atoms with E-state index in [-0.39, 0.29) is 23.5 Å². The number of benzene rings is 1. The van der Waals surface area contributed by atoms with Crippen LogP contribution in [0.4, 0.5) is 0 Å². The van der Waals surface area contributed by atoms with E-state index in [2.05, 4.69) is 48.7 Å². The monoisotopic (exact) mass is 262 g/mol. The first kappa shape index (κ1) is 15.7. The lowest BCUT2D eigenvalue weighted by molar-refractivity contribution is -0.124. The number of hydrogen-bond donors (Lipinski definition) is 2. The summed E-state index contributed by atoms with van der Waals surface area (Å²) < 4.78 is 0. The highest BCUT2D eigenvalue weighted by molar-refractivity contribution is 5.81. The second kappa shape index (κ2) is 6.20. The summed E-state index contributed by atoms with van der Waals surface area (Å²) in [4.78, 5) is 12.0. The molecule has 0 aliphatic carbocycles. The van der Waals surface area contributed by atoms with Crippen molar-refractivity contribution in [1.29, 1.82) is 0 Å². The van der Waals surface area contributed by atoms with E-state index in [0.29, 0.717) is 0 Å². The van der Waals surface area contributed by atoms with Crippen LogP contribution in [0.2, 0.25) is 0 Å². The average molecular weight is 262 g/mol. The van der Waals surface area contributed by atoms with Gasteiger partial charge in [0.25, 0.3) is 0 Å². The van der Waals surface area contributed by atoms with Crippen LogP contribution in [0.15, 0.2) is 24.3 Å². The molecular weight excluding hydrogens is 236 g/mol. The number of carbonyl (C=O) groups excluding carboxylic acids is 1. The van der Waals surface area contributed by atoms with Gasteiger partial charge in [0.1, 0.15) is 0 Å². The van der Waals surface area contributed by atoms with Crippen molar-refractivity contribution in [3.8, 4) is 0 Å². The van der Waals surface area contributed by atoms with Gasteiger partial charge in [-0.2, -0.15) is 0 Å². The van der Waals surface area contributed by atoms with E-state index in [9.17, 15) is 4.79 Å². The van der Waals surface area contributed by atoms with Gasteiger partial charge in [0.05, 0.1) is 6.04 Å². The SMILES string of the molecule is Cc1ccc([C@H](C)NC(C)C(=O)NC(C)(C)C)cc1. The number of rotatable bonds is 4. The summed E-state index contributed by atoms with van der Waals surface area (Å²) in [5.74, 6) is 0.0338. The molecule has 0 saturated carbocycles. The Bertz CT molecular complexity index is 417. The highest BCUT2D eigenvalue weighted by Gasteiger charge is 2.20. The molecule has 2 N–H and O–H groups in total. The molecule has 0 aromatic heterocycles. The fraction of sp³-hybridized carbons (Fsp3) is 0.562. The van der Waals surface area contributed by atoms with Gasteiger partial charge in [-0.15, -0.1) is 0 Å². The maximum Gasteiger partial charge on any atom is 0.237 e. The Balaban J connectivity index is 2.59. The second-order valence-electron chi connectivity index (χ2n) is 6.26. The number of amides is 1. The molecule has 1 amide bonds. The number of aryl methyl sites for hydroxylation is 1. The molecule has 0 spiro atoms. The average Bonchev–Trinajstić information content (AvgIpc) is 2.27. The minimum Gasteiger partial charge on any atom is -0.350 e. The van der Waals surface area contributed by atoms with Crippen molar-refractivity contribution in [3.05, 3.63) is 35.4 Å². The van der Waals surface area contributed by atoms with Gasteiger partial charge in [-0.3, -0.25) is 10.1 Å². The third kappa shape index (κ3) is 5.43. The molecule has 1 aromatic rings. The van der Waals surface area contributed by atoms with Crippen LogP contribution in [0.3, 0.4) is 0 Å². The van der Waals surface area contributed by atoms with Crippen molar-refractivity contribution in [2.45, 2.75) is 59.2 Å². The molecule has 0 saturated heterocycles. The molecule has 0 aliphatic rings. The zero-order valence-corrected chi connectivity index (χ0v) is 12.9. The summed E-state index contributed by atoms with van der Waals surface area (Å²) in [6.07, 6.45) is 0. The van der Waals surface area contributed by atoms with Gasteiger partial charge in [0, 0.05) is 11.6 Å². The fourth-order valence-corrected chi connectivity index (χ4v) is 1.88. The Morgan fingerprint density at radius 3 is 2.11 bits per heavy atom. The summed E-state index contributed by atoms with van der Waals surface area (Å²) in [5.41, 5.74) is 2.25. The van der Waals surface area contributed by atoms with Crippen LogP contribution in [0.25, 0.3) is 0 Å². The number of hydrogen-bond acceptors (Lipinski definition) is 2. The number of carbonyl (C=O) groups is 1. The van der Waals surface area contributed by atoms with E-state index in [1.165, 1.54) is 11.1 Å². The molecule has 2 atom stereocenters. The first-order valence-corrected chi connectivity index (χ1v) is 6.83. The van der Waals surface area contributed by atoms with E-state index < -0.39 is 0 Å². The van der Waals surface area contributed by atoms with Crippen LogP contribution >= 0.6 is 0 Å². The maximum absolute atomic E-state index is 12.0. The van der Waals surface area contributed by atoms with Crippen molar-refractivity contribution in [2.75, 3.05) is 0 Å². The molecule has 106 valence electrons. The van der Waals surface area contributed by atoms with Gasteiger partial charge in [-0.25, -0.2) is 0 Å². The van der Waals surface area contributed by atoms with Crippen molar-refractivity contribution >= 4 is 5.91 Å². The van der Waals surface area contributed by atoms with Crippen LogP contribution in [-0.4, -0.2) is 17.5 Å². The predicted octanol–water partition coefficient (Wildman–Crippen LogP) is 2.95. The third-order valence-electron chi connectivity index (χ3n) is 2.97. The zero-order chi connectivity index (χ0) is 14.6. The normalized spacial score (nSPS) is 14.8. The topological polar surface area (TPSA) is 41.1 Å². The van der Waals surface area contributed by atoms with Crippen LogP contribution in [0, 0.1) is 6.92 Å². The molecule has 1 aromatic carbocycles. The van der Waals surface area contributed by atoms with Gasteiger partial charge in [0.15, 0.2) is 0 Å². The minimum absolute atomic E-state index is 0.0338. The van der Waals surface area contributed by atoms with Gasteiger partial charge < -0.3 is 5.32 Å². The van der Waals surface area contributed by atoms with Crippen molar-refractivity contribution in [1.82, 2.24) is 10.6 Å². The van der Waals surface area contributed by atoms with Gasteiger partial charge >= 0.3 is 0 Å². The summed E-state index contributed by atoms with van der Waals surface area (Å²) in [6.45, 7) is 12.0. The van der Waals surface area contributed by atoms with Gasteiger partial charge in [0.2, 0.25) is 5.91 Å². The highest BCUT2D eigenvalue weighted by atomic mass is 16.2. The summed E-state index contributed by atoms with van der Waals surface area (Å²) >= 11 is 0. The molecule has 3 heteroatoms. The molecule has 1 unspecified atom stereocenters. The smallest absolute Gasteiger partial charge is 0.237 e. The summed E-state index contributed by atoms with van der Waals surface area (Å²) in [7, 11) is 0. The Labute approximate surface area is 116 Å². The van der Waals surface area contributed by atoms with Crippen LogP contribution in [0.5, 0.6) is 0 Å². The Kier molecular flexibility index (Phi) is 5.12. The summed E-state index contributed by atoms with van der Waals surface area (Å²) in [5, 5.41) is 6.31. The predicted molar refractivity (Wildman–Crippen MR) is 80.1 cm³/mol. The molecular formula is C16H26N2O. The van der Waals surface area contributed by atoms with Crippen molar-refractivity contribution < 1.29 is 4.79 Å². The van der Waals surface area contributed by atoms with Crippen LogP contribution in [-0.2, 0) is 4.79 Å². The largest absolute Gasteiger partial charge is 0.350 e. The van der Waals surface area contributed by atoms with Gasteiger partial charge in [-0.1, -0.05) is 29.8 Å². The summed E-state index contributed by atoms with van der Waals surface area (Å²) in [6, 6.07) is 8.32. The van der Waals surface area contributed by atoms with E-state index in [1.807, 2.05) is 27.7 Å². The quantitative estimate of drug-likeness (QED) is 0.876.